The molecule has 0 aromatic carbocycles. The summed E-state index contributed by atoms with van der Waals surface area (Å²) in [6.07, 6.45) is 3.96. The molecule has 1 saturated heterocycles. The van der Waals surface area contributed by atoms with E-state index < -0.39 is 9.84 Å². The smallest absolute Gasteiger partial charge is 0.148 e. The van der Waals surface area contributed by atoms with Crippen LogP contribution in [-0.2, 0) is 9.84 Å². The summed E-state index contributed by atoms with van der Waals surface area (Å²) in [5.74, 6) is 1.56. The van der Waals surface area contributed by atoms with Crippen LogP contribution in [0.2, 0.25) is 0 Å². The molecule has 0 radical (unpaired) electrons. The van der Waals surface area contributed by atoms with E-state index >= 15 is 0 Å². The number of rotatable bonds is 5. The Morgan fingerprint density at radius 1 is 1.30 bits per heavy atom. The fraction of sp³-hybridized carbons (Fsp3) is 1.00. The normalized spacial score (nSPS) is 34.4. The van der Waals surface area contributed by atoms with Crippen molar-refractivity contribution in [3.8, 4) is 0 Å². The minimum atomic E-state index is -2.93. The average Bonchev–Trinajstić information content (AvgIpc) is 3.09. The summed E-state index contributed by atoms with van der Waals surface area (Å²) in [6, 6.07) is 0.524. The number of nitrogens with zero attached hydrogens (tertiary/aromatic N) is 1. The minimum Gasteiger partial charge on any atom is -0.308 e. The highest BCUT2D eigenvalue weighted by atomic mass is 32.2. The van der Waals surface area contributed by atoms with Crippen LogP contribution in [0.25, 0.3) is 0 Å². The summed E-state index contributed by atoms with van der Waals surface area (Å²) in [5, 5.41) is 3.75. The van der Waals surface area contributed by atoms with Gasteiger partial charge in [0.25, 0.3) is 0 Å². The van der Waals surface area contributed by atoms with Crippen molar-refractivity contribution in [1.82, 2.24) is 10.2 Å². The van der Waals surface area contributed by atoms with Gasteiger partial charge in [-0.15, -0.1) is 0 Å². The largest absolute Gasteiger partial charge is 0.308 e. The quantitative estimate of drug-likeness (QED) is 0.836. The lowest BCUT2D eigenvalue weighted by Crippen LogP contribution is -2.67. The third-order valence-electron chi connectivity index (χ3n) is 5.01. The Morgan fingerprint density at radius 3 is 2.35 bits per heavy atom. The summed E-state index contributed by atoms with van der Waals surface area (Å²) in [6.45, 7) is 10.8. The van der Waals surface area contributed by atoms with Gasteiger partial charge in [0.05, 0.1) is 5.75 Å². The molecular weight excluding hydrogens is 272 g/mol. The van der Waals surface area contributed by atoms with Crippen molar-refractivity contribution in [1.29, 1.82) is 0 Å². The molecule has 3 unspecified atom stereocenters. The SMILES string of the molecule is CC(C)C1CNC(C)(C2CC2)CN1C(C)CS(C)(=O)=O. The first kappa shape index (κ1) is 16.2. The first-order valence-electron chi connectivity index (χ1n) is 7.81. The first-order chi connectivity index (χ1) is 9.12. The molecule has 0 aromatic rings. The van der Waals surface area contributed by atoms with Crippen LogP contribution in [0.1, 0.15) is 40.5 Å². The third kappa shape index (κ3) is 3.74. The maximum absolute atomic E-state index is 11.6. The van der Waals surface area contributed by atoms with Crippen LogP contribution >= 0.6 is 0 Å². The summed E-state index contributed by atoms with van der Waals surface area (Å²) < 4.78 is 23.3. The monoisotopic (exact) mass is 302 g/mol. The van der Waals surface area contributed by atoms with Crippen molar-refractivity contribution in [2.75, 3.05) is 25.1 Å². The predicted octanol–water partition coefficient (Wildman–Crippen LogP) is 1.52. The van der Waals surface area contributed by atoms with Crippen molar-refractivity contribution in [3.63, 3.8) is 0 Å². The molecule has 1 N–H and O–H groups in total. The van der Waals surface area contributed by atoms with Gasteiger partial charge < -0.3 is 5.32 Å². The maximum atomic E-state index is 11.6. The van der Waals surface area contributed by atoms with E-state index in [9.17, 15) is 8.42 Å². The molecule has 0 amide bonds. The zero-order valence-electron chi connectivity index (χ0n) is 13.5. The van der Waals surface area contributed by atoms with E-state index in [2.05, 4.69) is 37.9 Å². The van der Waals surface area contributed by atoms with Crippen LogP contribution in [0.4, 0.5) is 0 Å². The predicted molar refractivity (Wildman–Crippen MR) is 83.6 cm³/mol. The van der Waals surface area contributed by atoms with Gasteiger partial charge in [0.15, 0.2) is 0 Å². The molecule has 2 rings (SSSR count). The Balaban J connectivity index is 2.14. The van der Waals surface area contributed by atoms with Crippen LogP contribution in [0.5, 0.6) is 0 Å². The fourth-order valence-corrected chi connectivity index (χ4v) is 4.70. The minimum absolute atomic E-state index is 0.0950. The number of piperazine rings is 1. The van der Waals surface area contributed by atoms with E-state index in [0.29, 0.717) is 12.0 Å². The highest BCUT2D eigenvalue weighted by molar-refractivity contribution is 7.90. The highest BCUT2D eigenvalue weighted by Gasteiger charge is 2.47. The van der Waals surface area contributed by atoms with E-state index in [4.69, 9.17) is 0 Å². The molecule has 0 spiro atoms. The van der Waals surface area contributed by atoms with Crippen LogP contribution in [0.3, 0.4) is 0 Å². The second-order valence-electron chi connectivity index (χ2n) is 7.50. The van der Waals surface area contributed by atoms with Crippen molar-refractivity contribution in [2.45, 2.75) is 58.2 Å². The second kappa shape index (κ2) is 5.58. The van der Waals surface area contributed by atoms with Gasteiger partial charge in [-0.1, -0.05) is 13.8 Å². The Bertz CT molecular complexity index is 445. The molecule has 1 aliphatic carbocycles. The van der Waals surface area contributed by atoms with Gasteiger partial charge in [0, 0.05) is 37.0 Å². The topological polar surface area (TPSA) is 49.4 Å². The van der Waals surface area contributed by atoms with Gasteiger partial charge in [-0.2, -0.15) is 0 Å². The van der Waals surface area contributed by atoms with E-state index in [1.807, 2.05) is 0 Å². The molecule has 5 heteroatoms. The molecule has 118 valence electrons. The second-order valence-corrected chi connectivity index (χ2v) is 9.68. The fourth-order valence-electron chi connectivity index (χ4n) is 3.64. The van der Waals surface area contributed by atoms with Crippen LogP contribution in [0, 0.1) is 11.8 Å². The summed E-state index contributed by atoms with van der Waals surface area (Å²) in [4.78, 5) is 2.44. The van der Waals surface area contributed by atoms with Crippen LogP contribution in [0.15, 0.2) is 0 Å². The number of nitrogens with one attached hydrogen (secondary N) is 1. The highest BCUT2D eigenvalue weighted by Crippen LogP contribution is 2.42. The molecule has 0 bridgehead atoms. The summed E-state index contributed by atoms with van der Waals surface area (Å²) in [7, 11) is -2.93. The van der Waals surface area contributed by atoms with Gasteiger partial charge in [-0.3, -0.25) is 4.90 Å². The Labute approximate surface area is 124 Å². The molecule has 20 heavy (non-hydrogen) atoms. The van der Waals surface area contributed by atoms with Gasteiger partial charge in [0.1, 0.15) is 9.84 Å². The first-order valence-corrected chi connectivity index (χ1v) is 9.87. The van der Waals surface area contributed by atoms with Crippen LogP contribution in [-0.4, -0.2) is 56.0 Å². The molecule has 0 aromatic heterocycles. The average molecular weight is 302 g/mol. The van der Waals surface area contributed by atoms with Gasteiger partial charge >= 0.3 is 0 Å². The molecule has 2 aliphatic rings. The summed E-state index contributed by atoms with van der Waals surface area (Å²) in [5.41, 5.74) is 0.164. The standard InChI is InChI=1S/C15H30N2O2S/c1-11(2)14-8-16-15(4,13-6-7-13)10-17(14)12(3)9-20(5,18)19/h11-14,16H,6-10H2,1-5H3. The Morgan fingerprint density at radius 2 is 1.90 bits per heavy atom. The number of hydrogen-bond donors (Lipinski definition) is 1. The van der Waals surface area contributed by atoms with Crippen molar-refractivity contribution in [3.05, 3.63) is 0 Å². The van der Waals surface area contributed by atoms with E-state index in [1.165, 1.54) is 19.1 Å². The number of sulfone groups is 1. The maximum Gasteiger partial charge on any atom is 0.148 e. The van der Waals surface area contributed by atoms with Gasteiger partial charge in [-0.25, -0.2) is 8.42 Å². The van der Waals surface area contributed by atoms with Crippen molar-refractivity contribution < 1.29 is 8.42 Å². The molecule has 4 nitrogen and oxygen atoms in total. The van der Waals surface area contributed by atoms with Crippen LogP contribution < -0.4 is 5.32 Å². The molecule has 1 aliphatic heterocycles. The Hall–Kier alpha value is -0.130. The Kier molecular flexibility index (Phi) is 4.53. The van der Waals surface area contributed by atoms with Gasteiger partial charge in [0.2, 0.25) is 0 Å². The molecule has 3 atom stereocenters. The van der Waals surface area contributed by atoms with E-state index in [-0.39, 0.29) is 17.3 Å². The zero-order chi connectivity index (χ0) is 15.1. The van der Waals surface area contributed by atoms with E-state index in [1.54, 1.807) is 0 Å². The lowest BCUT2D eigenvalue weighted by molar-refractivity contribution is 0.0300. The molecule has 2 fully saturated rings. The molecule has 1 heterocycles. The number of hydrogen-bond acceptors (Lipinski definition) is 4. The lowest BCUT2D eigenvalue weighted by atomic mass is 9.87. The van der Waals surface area contributed by atoms with E-state index in [0.717, 1.165) is 19.0 Å². The molecule has 1 saturated carbocycles. The van der Waals surface area contributed by atoms with Crippen molar-refractivity contribution in [2.24, 2.45) is 11.8 Å². The third-order valence-corrected chi connectivity index (χ3v) is 6.10. The summed E-state index contributed by atoms with van der Waals surface area (Å²) >= 11 is 0. The van der Waals surface area contributed by atoms with Gasteiger partial charge in [-0.05, 0) is 38.5 Å². The lowest BCUT2D eigenvalue weighted by Gasteiger charge is -2.50. The zero-order valence-corrected chi connectivity index (χ0v) is 14.3. The molecular formula is C15H30N2O2S. The van der Waals surface area contributed by atoms with Crippen molar-refractivity contribution >= 4 is 9.84 Å².